The predicted octanol–water partition coefficient (Wildman–Crippen LogP) is 2.69. The van der Waals surface area contributed by atoms with Crippen molar-refractivity contribution in [2.75, 3.05) is 17.1 Å². The molecule has 10 heteroatoms. The highest BCUT2D eigenvalue weighted by atomic mass is 32.2. The Kier molecular flexibility index (Phi) is 6.48. The van der Waals surface area contributed by atoms with Crippen molar-refractivity contribution in [2.24, 2.45) is 0 Å². The summed E-state index contributed by atoms with van der Waals surface area (Å²) in [6, 6.07) is 14.2. The molecule has 0 aliphatic carbocycles. The minimum atomic E-state index is -3.85. The highest BCUT2D eigenvalue weighted by Crippen LogP contribution is 2.21. The van der Waals surface area contributed by atoms with E-state index >= 15 is 0 Å². The second kappa shape index (κ2) is 9.23. The fraction of sp³-hybridized carbons (Fsp3) is 0.150. The van der Waals surface area contributed by atoms with Gasteiger partial charge in [0.25, 0.3) is 15.9 Å². The maximum atomic E-state index is 12.4. The summed E-state index contributed by atoms with van der Waals surface area (Å²) in [6.07, 6.45) is 2.08. The van der Waals surface area contributed by atoms with Gasteiger partial charge in [-0.2, -0.15) is 0 Å². The number of carbonyl (C=O) groups is 1. The zero-order valence-corrected chi connectivity index (χ0v) is 17.1. The Labute approximate surface area is 174 Å². The van der Waals surface area contributed by atoms with E-state index in [0.29, 0.717) is 17.2 Å². The van der Waals surface area contributed by atoms with E-state index in [0.717, 1.165) is 0 Å². The number of amides is 1. The summed E-state index contributed by atoms with van der Waals surface area (Å²) in [6.45, 7) is 1.61. The van der Waals surface area contributed by atoms with Gasteiger partial charge in [0, 0.05) is 24.1 Å². The predicted molar refractivity (Wildman–Crippen MR) is 111 cm³/mol. The number of aromatic nitrogens is 2. The summed E-state index contributed by atoms with van der Waals surface area (Å²) in [5.41, 5.74) is 0.427. The third-order valence-electron chi connectivity index (χ3n) is 3.95. The molecule has 1 amide bonds. The Hall–Kier alpha value is -3.66. The normalized spacial score (nSPS) is 11.9. The molecule has 0 fully saturated rings. The monoisotopic (exact) mass is 428 g/mol. The summed E-state index contributed by atoms with van der Waals surface area (Å²) in [4.78, 5) is 20.0. The molecule has 0 aliphatic heterocycles. The van der Waals surface area contributed by atoms with Crippen LogP contribution in [-0.4, -0.2) is 37.5 Å². The van der Waals surface area contributed by atoms with Crippen LogP contribution >= 0.6 is 0 Å². The number of nitrogens with one attached hydrogen (secondary N) is 2. The second-order valence-corrected chi connectivity index (χ2v) is 7.81. The van der Waals surface area contributed by atoms with E-state index in [-0.39, 0.29) is 16.8 Å². The van der Waals surface area contributed by atoms with Crippen LogP contribution in [0.5, 0.6) is 11.5 Å². The zero-order chi connectivity index (χ0) is 21.6. The lowest BCUT2D eigenvalue weighted by atomic mass is 10.3. The molecule has 1 heterocycles. The van der Waals surface area contributed by atoms with Crippen molar-refractivity contribution in [1.29, 1.82) is 0 Å². The molecule has 0 bridgehead atoms. The first-order valence-electron chi connectivity index (χ1n) is 8.89. The molecule has 2 N–H and O–H groups in total. The molecule has 30 heavy (non-hydrogen) atoms. The number of nitrogens with zero attached hydrogens (tertiary/aromatic N) is 2. The lowest BCUT2D eigenvalue weighted by Crippen LogP contribution is -2.30. The molecule has 0 aliphatic rings. The Morgan fingerprint density at radius 1 is 1.00 bits per heavy atom. The molecular formula is C20H20N4O5S. The third-order valence-corrected chi connectivity index (χ3v) is 5.29. The average Bonchev–Trinajstić information content (AvgIpc) is 2.74. The Morgan fingerprint density at radius 3 is 2.33 bits per heavy atom. The van der Waals surface area contributed by atoms with E-state index in [1.54, 1.807) is 44.4 Å². The van der Waals surface area contributed by atoms with Crippen molar-refractivity contribution < 1.29 is 22.7 Å². The van der Waals surface area contributed by atoms with Crippen molar-refractivity contribution in [3.05, 3.63) is 67.0 Å². The van der Waals surface area contributed by atoms with Gasteiger partial charge in [-0.25, -0.2) is 23.1 Å². The Balaban J connectivity index is 1.62. The quantitative estimate of drug-likeness (QED) is 0.566. The fourth-order valence-electron chi connectivity index (χ4n) is 2.42. The standard InChI is InChI=1S/C20H20N4O5S/c1-14(29-17-6-3-5-16(13-17)28-2)19(25)23-15-7-9-18(10-8-15)30(26,27)24-20-21-11-4-12-22-20/h3-14H,1-2H3,(H,23,25)(H,21,22,24)/t14-/m0/s1. The van der Waals surface area contributed by atoms with E-state index in [1.165, 1.54) is 36.7 Å². The van der Waals surface area contributed by atoms with Gasteiger partial charge in [0.2, 0.25) is 5.95 Å². The van der Waals surface area contributed by atoms with E-state index in [2.05, 4.69) is 20.0 Å². The summed E-state index contributed by atoms with van der Waals surface area (Å²) in [5.74, 6) is 0.696. The number of hydrogen-bond donors (Lipinski definition) is 2. The molecule has 3 aromatic rings. The fourth-order valence-corrected chi connectivity index (χ4v) is 3.38. The second-order valence-electron chi connectivity index (χ2n) is 6.13. The van der Waals surface area contributed by atoms with Crippen LogP contribution in [-0.2, 0) is 14.8 Å². The van der Waals surface area contributed by atoms with Crippen LogP contribution in [0.1, 0.15) is 6.92 Å². The minimum absolute atomic E-state index is 0.00799. The Bertz CT molecular complexity index is 1110. The lowest BCUT2D eigenvalue weighted by Gasteiger charge is -2.15. The van der Waals surface area contributed by atoms with Crippen LogP contribution in [0, 0.1) is 0 Å². The number of benzene rings is 2. The highest BCUT2D eigenvalue weighted by Gasteiger charge is 2.18. The molecule has 156 valence electrons. The smallest absolute Gasteiger partial charge is 0.265 e. The van der Waals surface area contributed by atoms with Crippen LogP contribution < -0.4 is 19.5 Å². The first-order chi connectivity index (χ1) is 14.4. The molecule has 3 rings (SSSR count). The van der Waals surface area contributed by atoms with Gasteiger partial charge >= 0.3 is 0 Å². The summed E-state index contributed by atoms with van der Waals surface area (Å²) >= 11 is 0. The molecule has 0 unspecified atom stereocenters. The topological polar surface area (TPSA) is 120 Å². The lowest BCUT2D eigenvalue weighted by molar-refractivity contribution is -0.122. The first kappa shape index (κ1) is 21.1. The van der Waals surface area contributed by atoms with Gasteiger partial charge in [-0.1, -0.05) is 6.07 Å². The first-order valence-corrected chi connectivity index (χ1v) is 10.4. The van der Waals surface area contributed by atoms with Gasteiger partial charge in [-0.15, -0.1) is 0 Å². The number of hydrogen-bond acceptors (Lipinski definition) is 7. The van der Waals surface area contributed by atoms with Crippen molar-refractivity contribution in [3.63, 3.8) is 0 Å². The minimum Gasteiger partial charge on any atom is -0.497 e. The van der Waals surface area contributed by atoms with Gasteiger partial charge in [-0.05, 0) is 49.4 Å². The molecule has 9 nitrogen and oxygen atoms in total. The van der Waals surface area contributed by atoms with Crippen LogP contribution in [0.4, 0.5) is 11.6 Å². The van der Waals surface area contributed by atoms with Crippen molar-refractivity contribution >= 4 is 27.6 Å². The summed E-state index contributed by atoms with van der Waals surface area (Å²) < 4.78 is 37.8. The maximum Gasteiger partial charge on any atom is 0.265 e. The number of anilines is 2. The van der Waals surface area contributed by atoms with Gasteiger partial charge in [-0.3, -0.25) is 4.79 Å². The molecule has 1 atom stereocenters. The summed E-state index contributed by atoms with van der Waals surface area (Å²) in [7, 11) is -2.30. The van der Waals surface area contributed by atoms with Crippen LogP contribution in [0.3, 0.4) is 0 Å². The van der Waals surface area contributed by atoms with E-state index in [1.807, 2.05) is 0 Å². The number of methoxy groups -OCH3 is 1. The maximum absolute atomic E-state index is 12.4. The molecule has 0 saturated carbocycles. The molecular weight excluding hydrogens is 408 g/mol. The van der Waals surface area contributed by atoms with Gasteiger partial charge in [0.05, 0.1) is 12.0 Å². The highest BCUT2D eigenvalue weighted by molar-refractivity contribution is 7.92. The Morgan fingerprint density at radius 2 is 1.67 bits per heavy atom. The molecule has 0 saturated heterocycles. The number of ether oxygens (including phenoxy) is 2. The molecule has 2 aromatic carbocycles. The molecule has 0 spiro atoms. The molecule has 1 aromatic heterocycles. The van der Waals surface area contributed by atoms with Crippen LogP contribution in [0.25, 0.3) is 0 Å². The third kappa shape index (κ3) is 5.45. The number of rotatable bonds is 8. The number of sulfonamides is 1. The van der Waals surface area contributed by atoms with Crippen LogP contribution in [0.15, 0.2) is 71.9 Å². The van der Waals surface area contributed by atoms with E-state index in [4.69, 9.17) is 9.47 Å². The average molecular weight is 428 g/mol. The molecule has 0 radical (unpaired) electrons. The van der Waals surface area contributed by atoms with Crippen molar-refractivity contribution in [2.45, 2.75) is 17.9 Å². The van der Waals surface area contributed by atoms with Crippen LogP contribution in [0.2, 0.25) is 0 Å². The van der Waals surface area contributed by atoms with Crippen molar-refractivity contribution in [3.8, 4) is 11.5 Å². The zero-order valence-electron chi connectivity index (χ0n) is 16.3. The van der Waals surface area contributed by atoms with Gasteiger partial charge < -0.3 is 14.8 Å². The van der Waals surface area contributed by atoms with E-state index in [9.17, 15) is 13.2 Å². The summed E-state index contributed by atoms with van der Waals surface area (Å²) in [5, 5.41) is 2.68. The van der Waals surface area contributed by atoms with E-state index < -0.39 is 16.1 Å². The largest absolute Gasteiger partial charge is 0.497 e. The van der Waals surface area contributed by atoms with Gasteiger partial charge in [0.15, 0.2) is 6.10 Å². The SMILES string of the molecule is COc1cccc(O[C@@H](C)C(=O)Nc2ccc(S(=O)(=O)Nc3ncccn3)cc2)c1. The number of carbonyl (C=O) groups excluding carboxylic acids is 1. The van der Waals surface area contributed by atoms with Gasteiger partial charge in [0.1, 0.15) is 11.5 Å². The van der Waals surface area contributed by atoms with Crippen molar-refractivity contribution in [1.82, 2.24) is 9.97 Å².